The topological polar surface area (TPSA) is 66.1 Å². The van der Waals surface area contributed by atoms with E-state index in [1.165, 1.54) is 22.5 Å². The molecule has 38 heavy (non-hydrogen) atoms. The lowest BCUT2D eigenvalue weighted by Crippen LogP contribution is -2.49. The summed E-state index contributed by atoms with van der Waals surface area (Å²) in [6.07, 6.45) is 0. The molecular weight excluding hydrogens is 494 g/mol. The minimum Gasteiger partial charge on any atom is -0.497 e. The van der Waals surface area contributed by atoms with Crippen LogP contribution in [0.5, 0.6) is 11.6 Å². The Balaban J connectivity index is 1.32. The average Bonchev–Trinajstić information content (AvgIpc) is 3.48. The third-order valence-electron chi connectivity index (χ3n) is 7.30. The van der Waals surface area contributed by atoms with E-state index in [1.54, 1.807) is 11.6 Å². The summed E-state index contributed by atoms with van der Waals surface area (Å²) in [4.78, 5) is 11.1. The van der Waals surface area contributed by atoms with E-state index in [1.807, 2.05) is 19.1 Å². The zero-order valence-electron chi connectivity index (χ0n) is 21.6. The average molecular weight is 526 g/mol. The SMILES string of the molecule is COc1ccc(C(c2sc3nc(C)nn3c2O)N2CCN(C(c3ccccc3)c3ccccc3)CC2)cc1. The largest absolute Gasteiger partial charge is 0.497 e. The van der Waals surface area contributed by atoms with Crippen LogP contribution in [0.4, 0.5) is 0 Å². The number of ether oxygens (including phenoxy) is 1. The number of rotatable bonds is 7. The maximum atomic E-state index is 11.2. The molecule has 6 rings (SSSR count). The smallest absolute Gasteiger partial charge is 0.230 e. The maximum Gasteiger partial charge on any atom is 0.230 e. The molecule has 0 amide bonds. The molecule has 0 spiro atoms. The predicted molar refractivity (Wildman–Crippen MR) is 150 cm³/mol. The zero-order chi connectivity index (χ0) is 26.1. The van der Waals surface area contributed by atoms with Crippen LogP contribution in [0.15, 0.2) is 84.9 Å². The first-order valence-corrected chi connectivity index (χ1v) is 13.7. The first-order valence-electron chi connectivity index (χ1n) is 12.9. The van der Waals surface area contributed by atoms with Crippen LogP contribution in [0, 0.1) is 6.92 Å². The molecule has 0 saturated carbocycles. The van der Waals surface area contributed by atoms with E-state index in [-0.39, 0.29) is 18.0 Å². The number of benzene rings is 3. The Morgan fingerprint density at radius 3 is 1.82 bits per heavy atom. The first kappa shape index (κ1) is 24.6. The van der Waals surface area contributed by atoms with E-state index >= 15 is 0 Å². The summed E-state index contributed by atoms with van der Waals surface area (Å²) in [5.74, 6) is 1.63. The molecule has 0 radical (unpaired) electrons. The van der Waals surface area contributed by atoms with Crippen molar-refractivity contribution in [2.75, 3.05) is 33.3 Å². The molecular formula is C30H31N5O2S. The maximum absolute atomic E-state index is 11.2. The molecule has 194 valence electrons. The standard InChI is InChI=1S/C30H31N5O2S/c1-21-31-30-35(32-21)29(36)28(38-30)27(24-13-15-25(37-2)16-14-24)34-19-17-33(18-20-34)26(22-9-5-3-6-10-22)23-11-7-4-8-12-23/h3-16,26-27,36H,17-20H2,1-2H3. The van der Waals surface area contributed by atoms with Crippen molar-refractivity contribution in [3.05, 3.63) is 112 Å². The number of thiazole rings is 1. The first-order chi connectivity index (χ1) is 18.6. The number of aromatic nitrogens is 3. The number of piperazine rings is 1. The molecule has 0 aliphatic carbocycles. The monoisotopic (exact) mass is 525 g/mol. The molecule has 2 aromatic heterocycles. The van der Waals surface area contributed by atoms with Crippen LogP contribution < -0.4 is 4.74 Å². The lowest BCUT2D eigenvalue weighted by Gasteiger charge is -2.42. The summed E-state index contributed by atoms with van der Waals surface area (Å²) in [6.45, 7) is 5.37. The van der Waals surface area contributed by atoms with Gasteiger partial charge in [0.05, 0.1) is 24.1 Å². The van der Waals surface area contributed by atoms with Crippen molar-refractivity contribution in [2.45, 2.75) is 19.0 Å². The normalized spacial score (nSPS) is 15.8. The summed E-state index contributed by atoms with van der Waals surface area (Å²) in [5, 5.41) is 15.6. The highest BCUT2D eigenvalue weighted by Gasteiger charge is 2.34. The zero-order valence-corrected chi connectivity index (χ0v) is 22.4. The molecule has 1 N–H and O–H groups in total. The van der Waals surface area contributed by atoms with Crippen LogP contribution in [-0.2, 0) is 0 Å². The minimum absolute atomic E-state index is 0.108. The molecule has 3 aromatic carbocycles. The number of nitrogens with zero attached hydrogens (tertiary/aromatic N) is 5. The van der Waals surface area contributed by atoms with Crippen LogP contribution in [0.2, 0.25) is 0 Å². The second-order valence-corrected chi connectivity index (χ2v) is 10.6. The molecule has 8 heteroatoms. The highest BCUT2D eigenvalue weighted by atomic mass is 32.1. The number of aryl methyl sites for hydroxylation is 1. The van der Waals surface area contributed by atoms with E-state index < -0.39 is 0 Å². The quantitative estimate of drug-likeness (QED) is 0.311. The number of methoxy groups -OCH3 is 1. The van der Waals surface area contributed by atoms with Gasteiger partial charge in [-0.1, -0.05) is 84.1 Å². The van der Waals surface area contributed by atoms with Crippen LogP contribution in [0.3, 0.4) is 0 Å². The Hall–Kier alpha value is -3.72. The van der Waals surface area contributed by atoms with Crippen molar-refractivity contribution >= 4 is 16.3 Å². The number of fused-ring (bicyclic) bond motifs is 1. The predicted octanol–water partition coefficient (Wildman–Crippen LogP) is 5.31. The number of hydrogen-bond acceptors (Lipinski definition) is 7. The van der Waals surface area contributed by atoms with Crippen molar-refractivity contribution in [2.24, 2.45) is 0 Å². The lowest BCUT2D eigenvalue weighted by atomic mass is 9.96. The summed E-state index contributed by atoms with van der Waals surface area (Å²) >= 11 is 1.50. The van der Waals surface area contributed by atoms with E-state index in [2.05, 4.69) is 92.7 Å². The van der Waals surface area contributed by atoms with Crippen molar-refractivity contribution < 1.29 is 9.84 Å². The van der Waals surface area contributed by atoms with E-state index in [9.17, 15) is 5.11 Å². The molecule has 3 heterocycles. The van der Waals surface area contributed by atoms with Crippen molar-refractivity contribution in [1.82, 2.24) is 24.4 Å². The summed E-state index contributed by atoms with van der Waals surface area (Å²) < 4.78 is 6.96. The summed E-state index contributed by atoms with van der Waals surface area (Å²) in [5.41, 5.74) is 3.72. The van der Waals surface area contributed by atoms with Gasteiger partial charge in [0.1, 0.15) is 11.6 Å². The fourth-order valence-electron chi connectivity index (χ4n) is 5.48. The second-order valence-electron chi connectivity index (χ2n) is 9.61. The van der Waals surface area contributed by atoms with Gasteiger partial charge >= 0.3 is 0 Å². The Kier molecular flexibility index (Phi) is 6.84. The van der Waals surface area contributed by atoms with Gasteiger partial charge in [0, 0.05) is 26.2 Å². The van der Waals surface area contributed by atoms with Gasteiger partial charge in [-0.2, -0.15) is 4.52 Å². The van der Waals surface area contributed by atoms with Gasteiger partial charge in [-0.15, -0.1) is 5.10 Å². The third kappa shape index (κ3) is 4.67. The van der Waals surface area contributed by atoms with Crippen molar-refractivity contribution in [3.63, 3.8) is 0 Å². The molecule has 1 aliphatic rings. The minimum atomic E-state index is -0.108. The van der Waals surface area contributed by atoms with Gasteiger partial charge in [-0.3, -0.25) is 9.80 Å². The Bertz CT molecular complexity index is 1450. The Labute approximate surface area is 226 Å². The lowest BCUT2D eigenvalue weighted by molar-refractivity contribution is 0.0899. The van der Waals surface area contributed by atoms with Crippen molar-refractivity contribution in [3.8, 4) is 11.6 Å². The molecule has 5 aromatic rings. The van der Waals surface area contributed by atoms with Gasteiger partial charge in [-0.25, -0.2) is 4.98 Å². The molecule has 1 aliphatic heterocycles. The fourth-order valence-corrected chi connectivity index (χ4v) is 6.64. The number of hydrogen-bond donors (Lipinski definition) is 1. The summed E-state index contributed by atoms with van der Waals surface area (Å²) in [6, 6.07) is 29.7. The van der Waals surface area contributed by atoms with E-state index in [0.717, 1.165) is 42.4 Å². The number of aromatic hydroxyl groups is 1. The molecule has 7 nitrogen and oxygen atoms in total. The molecule has 1 unspecified atom stereocenters. The van der Waals surface area contributed by atoms with Gasteiger partial charge in [0.2, 0.25) is 10.8 Å². The molecule has 1 fully saturated rings. The van der Waals surface area contributed by atoms with E-state index in [4.69, 9.17) is 4.74 Å². The second kappa shape index (κ2) is 10.6. The molecule has 0 bridgehead atoms. The highest BCUT2D eigenvalue weighted by molar-refractivity contribution is 7.17. The Morgan fingerprint density at radius 2 is 1.29 bits per heavy atom. The van der Waals surface area contributed by atoms with E-state index in [0.29, 0.717) is 10.8 Å². The van der Waals surface area contributed by atoms with Gasteiger partial charge < -0.3 is 9.84 Å². The van der Waals surface area contributed by atoms with Crippen molar-refractivity contribution in [1.29, 1.82) is 0 Å². The van der Waals surface area contributed by atoms with Crippen LogP contribution in [-0.4, -0.2) is 62.8 Å². The van der Waals surface area contributed by atoms with Crippen LogP contribution in [0.1, 0.15) is 39.5 Å². The highest BCUT2D eigenvalue weighted by Crippen LogP contribution is 2.41. The Morgan fingerprint density at radius 1 is 0.763 bits per heavy atom. The third-order valence-corrected chi connectivity index (χ3v) is 8.37. The fraction of sp³-hybridized carbons (Fsp3) is 0.267. The van der Waals surface area contributed by atoms with Gasteiger partial charge in [0.15, 0.2) is 0 Å². The summed E-state index contributed by atoms with van der Waals surface area (Å²) in [7, 11) is 1.68. The van der Waals surface area contributed by atoms with Gasteiger partial charge in [0.25, 0.3) is 0 Å². The van der Waals surface area contributed by atoms with Crippen LogP contribution in [0.25, 0.3) is 4.96 Å². The van der Waals surface area contributed by atoms with Crippen LogP contribution >= 0.6 is 11.3 Å². The van der Waals surface area contributed by atoms with Gasteiger partial charge in [-0.05, 0) is 35.7 Å². The molecule has 1 saturated heterocycles. The molecule has 1 atom stereocenters.